The lowest BCUT2D eigenvalue weighted by Crippen LogP contribution is -2.26. The topological polar surface area (TPSA) is 35.0 Å². The van der Waals surface area contributed by atoms with Gasteiger partial charge in [0.2, 0.25) is 5.88 Å². The zero-order valence-electron chi connectivity index (χ0n) is 9.57. The molecule has 0 aliphatic carbocycles. The van der Waals surface area contributed by atoms with Crippen molar-refractivity contribution in [3.63, 3.8) is 0 Å². The van der Waals surface area contributed by atoms with Crippen LogP contribution in [0.15, 0.2) is 24.3 Å². The summed E-state index contributed by atoms with van der Waals surface area (Å²) in [7, 11) is 0. The molecule has 0 radical (unpaired) electrons. The van der Waals surface area contributed by atoms with Gasteiger partial charge in [-0.05, 0) is 19.9 Å². The van der Waals surface area contributed by atoms with Crippen LogP contribution in [0.1, 0.15) is 13.8 Å². The highest BCUT2D eigenvalue weighted by Gasteiger charge is 2.19. The number of rotatable bonds is 2. The van der Waals surface area contributed by atoms with Gasteiger partial charge in [-0.25, -0.2) is 0 Å². The number of ether oxygens (including phenoxy) is 1. The SMILES string of the molecule is C#CC(C)(C)Oc1nnc(Cl)c2ccccc12. The highest BCUT2D eigenvalue weighted by molar-refractivity contribution is 6.34. The lowest BCUT2D eigenvalue weighted by molar-refractivity contribution is 0.165. The minimum absolute atomic E-state index is 0.353. The number of terminal acetylenes is 1. The molecule has 3 nitrogen and oxygen atoms in total. The number of halogens is 1. The Bertz CT molecular complexity index is 602. The Kier molecular flexibility index (Phi) is 2.91. The average molecular weight is 247 g/mol. The lowest BCUT2D eigenvalue weighted by Gasteiger charge is -2.19. The predicted octanol–water partition coefficient (Wildman–Crippen LogP) is 3.07. The second-order valence-corrected chi connectivity index (χ2v) is 4.46. The highest BCUT2D eigenvalue weighted by atomic mass is 35.5. The van der Waals surface area contributed by atoms with Crippen molar-refractivity contribution in [3.05, 3.63) is 29.4 Å². The largest absolute Gasteiger partial charge is 0.457 e. The smallest absolute Gasteiger partial charge is 0.243 e. The summed E-state index contributed by atoms with van der Waals surface area (Å²) < 4.78 is 5.65. The molecule has 17 heavy (non-hydrogen) atoms. The van der Waals surface area contributed by atoms with Crippen molar-refractivity contribution in [1.82, 2.24) is 10.2 Å². The Morgan fingerprint density at radius 1 is 1.24 bits per heavy atom. The Labute approximate surface area is 105 Å². The molecular weight excluding hydrogens is 236 g/mol. The van der Waals surface area contributed by atoms with Crippen molar-refractivity contribution in [1.29, 1.82) is 0 Å². The summed E-state index contributed by atoms with van der Waals surface area (Å²) in [5, 5.41) is 9.74. The van der Waals surface area contributed by atoms with Crippen LogP contribution in [0.25, 0.3) is 10.8 Å². The summed E-state index contributed by atoms with van der Waals surface area (Å²) >= 11 is 5.96. The summed E-state index contributed by atoms with van der Waals surface area (Å²) in [5.74, 6) is 2.94. The monoisotopic (exact) mass is 246 g/mol. The van der Waals surface area contributed by atoms with Gasteiger partial charge < -0.3 is 4.74 Å². The predicted molar refractivity (Wildman–Crippen MR) is 68.1 cm³/mol. The van der Waals surface area contributed by atoms with Crippen molar-refractivity contribution in [3.8, 4) is 18.2 Å². The minimum Gasteiger partial charge on any atom is -0.457 e. The molecule has 2 aromatic rings. The molecule has 0 aliphatic heterocycles. The highest BCUT2D eigenvalue weighted by Crippen LogP contribution is 2.29. The van der Waals surface area contributed by atoms with Crippen LogP contribution < -0.4 is 4.74 Å². The summed E-state index contributed by atoms with van der Waals surface area (Å²) in [5.41, 5.74) is -0.731. The van der Waals surface area contributed by atoms with E-state index in [1.54, 1.807) is 13.8 Å². The first-order chi connectivity index (χ1) is 8.03. The van der Waals surface area contributed by atoms with E-state index in [0.29, 0.717) is 11.0 Å². The van der Waals surface area contributed by atoms with Crippen LogP contribution in [0.3, 0.4) is 0 Å². The third-order valence-electron chi connectivity index (χ3n) is 2.31. The van der Waals surface area contributed by atoms with Crippen LogP contribution in [-0.4, -0.2) is 15.8 Å². The summed E-state index contributed by atoms with van der Waals surface area (Å²) in [6.07, 6.45) is 5.38. The van der Waals surface area contributed by atoms with Gasteiger partial charge in [0.05, 0.1) is 0 Å². The third-order valence-corrected chi connectivity index (χ3v) is 2.59. The number of benzene rings is 1. The van der Waals surface area contributed by atoms with Gasteiger partial charge in [0.15, 0.2) is 10.8 Å². The molecule has 1 aromatic carbocycles. The molecule has 0 fully saturated rings. The fraction of sp³-hybridized carbons (Fsp3) is 0.231. The van der Waals surface area contributed by atoms with E-state index >= 15 is 0 Å². The van der Waals surface area contributed by atoms with Gasteiger partial charge in [0.1, 0.15) is 0 Å². The third kappa shape index (κ3) is 2.32. The first-order valence-electron chi connectivity index (χ1n) is 5.11. The van der Waals surface area contributed by atoms with Gasteiger partial charge >= 0.3 is 0 Å². The van der Waals surface area contributed by atoms with Gasteiger partial charge in [0.25, 0.3) is 0 Å². The number of aromatic nitrogens is 2. The molecule has 0 unspecified atom stereocenters. The quantitative estimate of drug-likeness (QED) is 0.764. The molecule has 0 aliphatic rings. The van der Waals surface area contributed by atoms with Crippen LogP contribution in [0.5, 0.6) is 5.88 Å². The Morgan fingerprint density at radius 2 is 1.88 bits per heavy atom. The van der Waals surface area contributed by atoms with Crippen LogP contribution in [0.2, 0.25) is 5.15 Å². The maximum absolute atomic E-state index is 5.96. The van der Waals surface area contributed by atoms with Crippen LogP contribution in [0, 0.1) is 12.3 Å². The van der Waals surface area contributed by atoms with E-state index in [9.17, 15) is 0 Å². The molecule has 1 aromatic heterocycles. The molecule has 0 amide bonds. The van der Waals surface area contributed by atoms with E-state index in [-0.39, 0.29) is 0 Å². The van der Waals surface area contributed by atoms with E-state index < -0.39 is 5.60 Å². The van der Waals surface area contributed by atoms with E-state index in [4.69, 9.17) is 22.8 Å². The standard InChI is InChI=1S/C13H11ClN2O/c1-4-13(2,3)17-12-10-8-6-5-7-9(10)11(14)15-16-12/h1,5-8H,2-3H3. The average Bonchev–Trinajstić information content (AvgIpc) is 2.33. The Balaban J connectivity index is 2.57. The molecule has 0 atom stereocenters. The fourth-order valence-corrected chi connectivity index (χ4v) is 1.60. The molecule has 4 heteroatoms. The van der Waals surface area contributed by atoms with Crippen LogP contribution >= 0.6 is 11.6 Å². The van der Waals surface area contributed by atoms with E-state index in [1.165, 1.54) is 0 Å². The van der Waals surface area contributed by atoms with Crippen molar-refractivity contribution in [2.75, 3.05) is 0 Å². The first kappa shape index (κ1) is 11.7. The number of hydrogen-bond acceptors (Lipinski definition) is 3. The minimum atomic E-state index is -0.731. The van der Waals surface area contributed by atoms with E-state index in [0.717, 1.165) is 10.8 Å². The van der Waals surface area contributed by atoms with Gasteiger partial charge in [-0.2, -0.15) is 0 Å². The zero-order chi connectivity index (χ0) is 12.5. The van der Waals surface area contributed by atoms with Crippen LogP contribution in [-0.2, 0) is 0 Å². The van der Waals surface area contributed by atoms with Crippen molar-refractivity contribution in [2.45, 2.75) is 19.4 Å². The molecule has 1 heterocycles. The number of hydrogen-bond donors (Lipinski definition) is 0. The Hall–Kier alpha value is -1.79. The molecule has 0 bridgehead atoms. The second kappa shape index (κ2) is 4.23. The lowest BCUT2D eigenvalue weighted by atomic mass is 10.1. The van der Waals surface area contributed by atoms with Crippen molar-refractivity contribution in [2.24, 2.45) is 0 Å². The van der Waals surface area contributed by atoms with Gasteiger partial charge in [-0.1, -0.05) is 35.7 Å². The summed E-state index contributed by atoms with van der Waals surface area (Å²) in [6.45, 7) is 3.58. The van der Waals surface area contributed by atoms with Gasteiger partial charge in [0, 0.05) is 10.8 Å². The first-order valence-corrected chi connectivity index (χ1v) is 5.49. The Morgan fingerprint density at radius 3 is 2.53 bits per heavy atom. The van der Waals surface area contributed by atoms with Crippen molar-refractivity contribution < 1.29 is 4.74 Å². The molecule has 0 saturated heterocycles. The second-order valence-electron chi connectivity index (χ2n) is 4.10. The normalized spacial score (nSPS) is 11.2. The molecule has 0 N–H and O–H groups in total. The van der Waals surface area contributed by atoms with E-state index in [1.807, 2.05) is 24.3 Å². The molecule has 2 rings (SSSR count). The number of fused-ring (bicyclic) bond motifs is 1. The molecule has 0 saturated carbocycles. The van der Waals surface area contributed by atoms with Gasteiger partial charge in [-0.15, -0.1) is 16.6 Å². The zero-order valence-corrected chi connectivity index (χ0v) is 10.3. The van der Waals surface area contributed by atoms with Gasteiger partial charge in [-0.3, -0.25) is 0 Å². The summed E-state index contributed by atoms with van der Waals surface area (Å²) in [6, 6.07) is 7.50. The maximum atomic E-state index is 5.96. The molecule has 86 valence electrons. The van der Waals surface area contributed by atoms with Crippen LogP contribution in [0.4, 0.5) is 0 Å². The van der Waals surface area contributed by atoms with Crippen molar-refractivity contribution >= 4 is 22.4 Å². The number of nitrogens with zero attached hydrogens (tertiary/aromatic N) is 2. The molecule has 0 spiro atoms. The summed E-state index contributed by atoms with van der Waals surface area (Å²) in [4.78, 5) is 0. The fourth-order valence-electron chi connectivity index (χ4n) is 1.39. The molecular formula is C13H11ClN2O. The van der Waals surface area contributed by atoms with E-state index in [2.05, 4.69) is 16.1 Å². The maximum Gasteiger partial charge on any atom is 0.243 e.